The lowest BCUT2D eigenvalue weighted by Crippen LogP contribution is -2.52. The summed E-state index contributed by atoms with van der Waals surface area (Å²) in [5.74, 6) is -0.525. The van der Waals surface area contributed by atoms with Crippen LogP contribution in [0, 0.1) is 5.41 Å². The van der Waals surface area contributed by atoms with Crippen molar-refractivity contribution in [1.82, 2.24) is 24.5 Å². The third kappa shape index (κ3) is 8.91. The van der Waals surface area contributed by atoms with Crippen LogP contribution in [0.4, 0.5) is 13.2 Å². The minimum Gasteiger partial charge on any atom is -0.456 e. The van der Waals surface area contributed by atoms with E-state index in [0.717, 1.165) is 33.5 Å². The first-order valence-electron chi connectivity index (χ1n) is 13.8. The van der Waals surface area contributed by atoms with Gasteiger partial charge in [-0.15, -0.1) is 0 Å². The molecular weight excluding hydrogens is 565 g/mol. The number of imidazole rings is 1. The van der Waals surface area contributed by atoms with Crippen LogP contribution in [0.3, 0.4) is 0 Å². The summed E-state index contributed by atoms with van der Waals surface area (Å²) in [6.45, 7) is 9.22. The molecule has 2 aromatic heterocycles. The maximum atomic E-state index is 12.7. The lowest BCUT2D eigenvalue weighted by atomic mass is 10.1. The van der Waals surface area contributed by atoms with E-state index < -0.39 is 20.2 Å². The molecule has 3 heterocycles. The second-order valence-electron chi connectivity index (χ2n) is 11.3. The highest BCUT2D eigenvalue weighted by Gasteiger charge is 2.43. The number of aromatic nitrogens is 2. The van der Waals surface area contributed by atoms with Gasteiger partial charge in [-0.3, -0.25) is 9.69 Å². The summed E-state index contributed by atoms with van der Waals surface area (Å²) < 4.78 is 51.7. The highest BCUT2D eigenvalue weighted by atomic mass is 28.3. The SMILES string of the molecule is C[Si](C)(C)CCOCN/C(=C\C=N)c1ccc(Oc2ccc3nc(CN4CCN(C(=O)C(F)(F)F)CC4)cn3c2)cc1. The van der Waals surface area contributed by atoms with Crippen molar-refractivity contribution in [3.05, 3.63) is 66.1 Å². The number of piperazine rings is 1. The molecule has 1 fully saturated rings. The summed E-state index contributed by atoms with van der Waals surface area (Å²) in [7, 11) is -1.15. The van der Waals surface area contributed by atoms with Crippen molar-refractivity contribution in [2.45, 2.75) is 38.4 Å². The average Bonchev–Trinajstić information content (AvgIpc) is 3.33. The Balaban J connectivity index is 1.31. The van der Waals surface area contributed by atoms with Gasteiger partial charge in [0.1, 0.15) is 23.9 Å². The van der Waals surface area contributed by atoms with Crippen LogP contribution < -0.4 is 10.1 Å². The molecule has 1 saturated heterocycles. The Labute approximate surface area is 244 Å². The lowest BCUT2D eigenvalue weighted by Gasteiger charge is -2.34. The Morgan fingerprint density at radius 2 is 1.74 bits per heavy atom. The molecule has 0 unspecified atom stereocenters. The van der Waals surface area contributed by atoms with E-state index in [-0.39, 0.29) is 13.1 Å². The molecule has 0 bridgehead atoms. The van der Waals surface area contributed by atoms with E-state index >= 15 is 0 Å². The van der Waals surface area contributed by atoms with Gasteiger partial charge in [-0.1, -0.05) is 19.6 Å². The van der Waals surface area contributed by atoms with E-state index in [1.54, 1.807) is 6.08 Å². The van der Waals surface area contributed by atoms with Crippen LogP contribution in [-0.4, -0.2) is 85.1 Å². The van der Waals surface area contributed by atoms with Gasteiger partial charge in [0.05, 0.1) is 11.9 Å². The quantitative estimate of drug-likeness (QED) is 0.128. The lowest BCUT2D eigenvalue weighted by molar-refractivity contribution is -0.187. The Kier molecular flexibility index (Phi) is 10.1. The predicted molar refractivity (Wildman–Crippen MR) is 158 cm³/mol. The first-order chi connectivity index (χ1) is 19.9. The smallest absolute Gasteiger partial charge is 0.456 e. The van der Waals surface area contributed by atoms with Gasteiger partial charge in [-0.05, 0) is 54.1 Å². The van der Waals surface area contributed by atoms with Gasteiger partial charge in [0.15, 0.2) is 0 Å². The summed E-state index contributed by atoms with van der Waals surface area (Å²) in [5, 5.41) is 10.7. The molecule has 4 rings (SSSR count). The van der Waals surface area contributed by atoms with Crippen molar-refractivity contribution in [2.75, 3.05) is 39.5 Å². The maximum Gasteiger partial charge on any atom is 0.471 e. The molecular formula is C29H37F3N6O3Si. The van der Waals surface area contributed by atoms with Gasteiger partial charge in [-0.2, -0.15) is 13.2 Å². The predicted octanol–water partition coefficient (Wildman–Crippen LogP) is 5.23. The number of carbonyl (C=O) groups excluding carboxylic acids is 1. The summed E-state index contributed by atoms with van der Waals surface area (Å²) in [6.07, 6.45) is 1.76. The Morgan fingerprint density at radius 1 is 1.05 bits per heavy atom. The van der Waals surface area contributed by atoms with E-state index in [4.69, 9.17) is 14.9 Å². The molecule has 0 atom stereocenters. The number of ether oxygens (including phenoxy) is 2. The molecule has 3 aromatic rings. The molecule has 1 aromatic carbocycles. The summed E-state index contributed by atoms with van der Waals surface area (Å²) in [6, 6.07) is 12.3. The molecule has 42 heavy (non-hydrogen) atoms. The fourth-order valence-electron chi connectivity index (χ4n) is 4.44. The standard InChI is InChI=1S/C29H37F3N6O3Si/c1-42(2,3)17-16-40-21-34-26(10-11-33)22-4-6-24(7-5-22)41-25-8-9-27-35-23(19-38(27)20-25)18-36-12-14-37(15-13-36)28(39)29(30,31)32/h4-11,19-20,33-34H,12-18,21H2,1-3H3/b26-10-,33-11?. The third-order valence-electron chi connectivity index (χ3n) is 6.77. The summed E-state index contributed by atoms with van der Waals surface area (Å²) in [5.41, 5.74) is 3.18. The second-order valence-corrected chi connectivity index (χ2v) is 17.0. The van der Waals surface area contributed by atoms with Crippen molar-refractivity contribution < 1.29 is 27.4 Å². The number of halogens is 3. The van der Waals surface area contributed by atoms with Gasteiger partial charge < -0.3 is 29.5 Å². The summed E-state index contributed by atoms with van der Waals surface area (Å²) in [4.78, 5) is 18.9. The molecule has 13 heteroatoms. The average molecular weight is 603 g/mol. The fourth-order valence-corrected chi connectivity index (χ4v) is 5.19. The number of hydrogen-bond donors (Lipinski definition) is 2. The minimum atomic E-state index is -4.84. The molecule has 0 spiro atoms. The minimum absolute atomic E-state index is 0.0315. The van der Waals surface area contributed by atoms with Crippen molar-refractivity contribution in [3.63, 3.8) is 0 Å². The van der Waals surface area contributed by atoms with Crippen molar-refractivity contribution >= 4 is 31.5 Å². The molecule has 2 N–H and O–H groups in total. The Morgan fingerprint density at radius 3 is 2.38 bits per heavy atom. The molecule has 0 aliphatic carbocycles. The third-order valence-corrected chi connectivity index (χ3v) is 8.48. The zero-order chi connectivity index (χ0) is 30.3. The zero-order valence-electron chi connectivity index (χ0n) is 24.1. The van der Waals surface area contributed by atoms with Crippen LogP contribution >= 0.6 is 0 Å². The van der Waals surface area contributed by atoms with E-state index in [2.05, 4.69) is 29.9 Å². The van der Waals surface area contributed by atoms with Crippen molar-refractivity contribution in [3.8, 4) is 11.5 Å². The molecule has 1 amide bonds. The second kappa shape index (κ2) is 13.5. The number of nitrogens with zero attached hydrogens (tertiary/aromatic N) is 4. The maximum absolute atomic E-state index is 12.7. The van der Waals surface area contributed by atoms with Crippen LogP contribution in [0.15, 0.2) is 54.9 Å². The molecule has 0 radical (unpaired) electrons. The number of allylic oxidation sites excluding steroid dienone is 1. The molecule has 1 aliphatic rings. The molecule has 9 nitrogen and oxygen atoms in total. The fraction of sp³-hybridized carbons (Fsp3) is 0.414. The highest BCUT2D eigenvalue weighted by Crippen LogP contribution is 2.25. The van der Waals surface area contributed by atoms with E-state index in [0.29, 0.717) is 44.5 Å². The highest BCUT2D eigenvalue weighted by molar-refractivity contribution is 6.76. The monoisotopic (exact) mass is 602 g/mol. The number of carbonyl (C=O) groups is 1. The van der Waals surface area contributed by atoms with Gasteiger partial charge in [-0.25, -0.2) is 4.98 Å². The first kappa shape index (κ1) is 31.3. The van der Waals surface area contributed by atoms with Gasteiger partial charge >= 0.3 is 12.1 Å². The van der Waals surface area contributed by atoms with E-state index in [9.17, 15) is 18.0 Å². The largest absolute Gasteiger partial charge is 0.471 e. The van der Waals surface area contributed by atoms with Crippen LogP contribution in [0.25, 0.3) is 11.3 Å². The zero-order valence-corrected chi connectivity index (χ0v) is 25.1. The van der Waals surface area contributed by atoms with E-state index in [1.165, 1.54) is 6.21 Å². The normalized spacial score (nSPS) is 15.2. The Bertz CT molecular complexity index is 1390. The summed E-state index contributed by atoms with van der Waals surface area (Å²) >= 11 is 0. The number of pyridine rings is 1. The van der Waals surface area contributed by atoms with Crippen LogP contribution in [0.5, 0.6) is 11.5 Å². The van der Waals surface area contributed by atoms with Crippen molar-refractivity contribution in [1.29, 1.82) is 5.41 Å². The van der Waals surface area contributed by atoms with E-state index in [1.807, 2.05) is 58.1 Å². The van der Waals surface area contributed by atoms with Gasteiger partial charge in [0, 0.05) is 65.5 Å². The van der Waals surface area contributed by atoms with Crippen LogP contribution in [0.1, 0.15) is 11.3 Å². The van der Waals surface area contributed by atoms with Gasteiger partial charge in [0.25, 0.3) is 0 Å². The number of fused-ring (bicyclic) bond motifs is 1. The van der Waals surface area contributed by atoms with Crippen molar-refractivity contribution in [2.24, 2.45) is 0 Å². The van der Waals surface area contributed by atoms with Gasteiger partial charge in [0.2, 0.25) is 0 Å². The van der Waals surface area contributed by atoms with Crippen LogP contribution in [0.2, 0.25) is 25.7 Å². The topological polar surface area (TPSA) is 95.2 Å². The van der Waals surface area contributed by atoms with Crippen LogP contribution in [-0.2, 0) is 16.1 Å². The Hall–Kier alpha value is -3.68. The number of alkyl halides is 3. The number of amides is 1. The molecule has 0 saturated carbocycles. The number of rotatable bonds is 12. The number of nitrogens with one attached hydrogen (secondary N) is 2. The first-order valence-corrected chi connectivity index (χ1v) is 17.5. The number of benzene rings is 1. The molecule has 1 aliphatic heterocycles. The molecule has 226 valence electrons. The number of hydrogen-bond acceptors (Lipinski definition) is 7.